The average Bonchev–Trinajstić information content (AvgIpc) is 2.79. The van der Waals surface area contributed by atoms with Crippen molar-refractivity contribution >= 4 is 45.1 Å². The molecule has 20 heavy (non-hydrogen) atoms. The maximum absolute atomic E-state index is 11.8. The van der Waals surface area contributed by atoms with Gasteiger partial charge in [0.05, 0.1) is 12.7 Å². The number of ether oxygens (including phenoxy) is 1. The Morgan fingerprint density at radius 1 is 1.40 bits per heavy atom. The Bertz CT molecular complexity index is 591. The maximum atomic E-state index is 11.8. The van der Waals surface area contributed by atoms with E-state index in [4.69, 9.17) is 0 Å². The van der Waals surface area contributed by atoms with Gasteiger partial charge < -0.3 is 4.74 Å². The van der Waals surface area contributed by atoms with E-state index >= 15 is 0 Å². The van der Waals surface area contributed by atoms with E-state index in [9.17, 15) is 9.59 Å². The average molecular weight is 307 g/mol. The Morgan fingerprint density at radius 3 is 2.70 bits per heavy atom. The van der Waals surface area contributed by atoms with Crippen molar-refractivity contribution in [1.29, 1.82) is 0 Å². The van der Waals surface area contributed by atoms with Crippen LogP contribution in [0.2, 0.25) is 0 Å². The molecule has 0 saturated heterocycles. The van der Waals surface area contributed by atoms with Gasteiger partial charge in [-0.05, 0) is 41.3 Å². The van der Waals surface area contributed by atoms with Gasteiger partial charge in [-0.2, -0.15) is 0 Å². The van der Waals surface area contributed by atoms with Gasteiger partial charge in [0, 0.05) is 0 Å². The molecule has 1 aromatic carbocycles. The first-order chi connectivity index (χ1) is 9.63. The zero-order chi connectivity index (χ0) is 14.5. The summed E-state index contributed by atoms with van der Waals surface area (Å²) >= 11 is 2.72. The number of esters is 1. The molecule has 1 aliphatic rings. The van der Waals surface area contributed by atoms with Gasteiger partial charge in [0.1, 0.15) is 10.1 Å². The number of carbonyl (C=O) groups is 2. The van der Waals surface area contributed by atoms with Crippen molar-refractivity contribution in [3.05, 3.63) is 41.1 Å². The standard InChI is InChI=1S/C14H13NO3S2/c1-3-19-14-15-11(13(17)20-14)8-9-4-6-10(7-5-9)12(16)18-2/h4-8H,3H2,1-2H3. The third-order valence-electron chi connectivity index (χ3n) is 2.50. The van der Waals surface area contributed by atoms with Crippen LogP contribution in [0.25, 0.3) is 6.08 Å². The highest BCUT2D eigenvalue weighted by Crippen LogP contribution is 2.30. The number of benzene rings is 1. The van der Waals surface area contributed by atoms with Crippen molar-refractivity contribution in [2.24, 2.45) is 4.99 Å². The second-order valence-corrected chi connectivity index (χ2v) is 6.32. The van der Waals surface area contributed by atoms with Gasteiger partial charge in [-0.15, -0.1) is 0 Å². The summed E-state index contributed by atoms with van der Waals surface area (Å²) in [5.41, 5.74) is 1.75. The zero-order valence-corrected chi connectivity index (χ0v) is 12.7. The van der Waals surface area contributed by atoms with Gasteiger partial charge in [0.25, 0.3) is 0 Å². The van der Waals surface area contributed by atoms with Crippen molar-refractivity contribution in [3.8, 4) is 0 Å². The molecule has 1 aliphatic heterocycles. The molecule has 0 fully saturated rings. The molecule has 0 unspecified atom stereocenters. The van der Waals surface area contributed by atoms with E-state index in [0.717, 1.165) is 27.5 Å². The first-order valence-corrected chi connectivity index (χ1v) is 7.78. The van der Waals surface area contributed by atoms with Crippen molar-refractivity contribution in [3.63, 3.8) is 0 Å². The molecule has 2 rings (SSSR count). The number of carbonyl (C=O) groups excluding carboxylic acids is 2. The van der Waals surface area contributed by atoms with Crippen LogP contribution in [0, 0.1) is 0 Å². The van der Waals surface area contributed by atoms with Crippen LogP contribution in [0.5, 0.6) is 0 Å². The highest BCUT2D eigenvalue weighted by molar-refractivity contribution is 8.45. The highest BCUT2D eigenvalue weighted by atomic mass is 32.2. The molecular weight excluding hydrogens is 294 g/mol. The molecule has 0 aliphatic carbocycles. The Kier molecular flexibility index (Phi) is 5.03. The van der Waals surface area contributed by atoms with Crippen molar-refractivity contribution < 1.29 is 14.3 Å². The fourth-order valence-corrected chi connectivity index (χ4v) is 3.30. The largest absolute Gasteiger partial charge is 0.465 e. The topological polar surface area (TPSA) is 55.7 Å². The summed E-state index contributed by atoms with van der Waals surface area (Å²) in [6.07, 6.45) is 1.72. The number of methoxy groups -OCH3 is 1. The molecule has 0 saturated carbocycles. The van der Waals surface area contributed by atoms with Crippen LogP contribution in [-0.4, -0.2) is 28.3 Å². The summed E-state index contributed by atoms with van der Waals surface area (Å²) in [4.78, 5) is 27.4. The van der Waals surface area contributed by atoms with Crippen LogP contribution in [0.3, 0.4) is 0 Å². The maximum Gasteiger partial charge on any atom is 0.337 e. The lowest BCUT2D eigenvalue weighted by molar-refractivity contribution is -0.107. The normalized spacial score (nSPS) is 16.4. The lowest BCUT2D eigenvalue weighted by atomic mass is 10.1. The van der Waals surface area contributed by atoms with E-state index in [-0.39, 0.29) is 11.1 Å². The predicted molar refractivity (Wildman–Crippen MR) is 83.9 cm³/mol. The number of thioether (sulfide) groups is 2. The molecule has 4 nitrogen and oxygen atoms in total. The quantitative estimate of drug-likeness (QED) is 0.634. The van der Waals surface area contributed by atoms with E-state index in [1.54, 1.807) is 42.1 Å². The highest BCUT2D eigenvalue weighted by Gasteiger charge is 2.21. The van der Waals surface area contributed by atoms with Gasteiger partial charge in [-0.25, -0.2) is 9.79 Å². The smallest absolute Gasteiger partial charge is 0.337 e. The molecule has 0 spiro atoms. The van der Waals surface area contributed by atoms with Crippen molar-refractivity contribution in [2.75, 3.05) is 12.9 Å². The minimum absolute atomic E-state index is 0.0435. The van der Waals surface area contributed by atoms with Gasteiger partial charge >= 0.3 is 5.97 Å². The first kappa shape index (κ1) is 14.9. The Hall–Kier alpha value is -1.53. The zero-order valence-electron chi connectivity index (χ0n) is 11.1. The van der Waals surface area contributed by atoms with Crippen LogP contribution in [0.1, 0.15) is 22.8 Å². The summed E-state index contributed by atoms with van der Waals surface area (Å²) in [5.74, 6) is 0.511. The summed E-state index contributed by atoms with van der Waals surface area (Å²) in [6.45, 7) is 2.02. The van der Waals surface area contributed by atoms with Gasteiger partial charge in [0.15, 0.2) is 0 Å². The molecule has 0 aromatic heterocycles. The van der Waals surface area contributed by atoms with Gasteiger partial charge in [-0.3, -0.25) is 4.79 Å². The molecule has 0 bridgehead atoms. The molecule has 0 atom stereocenters. The monoisotopic (exact) mass is 307 g/mol. The molecule has 0 N–H and O–H groups in total. The molecule has 6 heteroatoms. The minimum Gasteiger partial charge on any atom is -0.465 e. The van der Waals surface area contributed by atoms with E-state index in [0.29, 0.717) is 11.3 Å². The Morgan fingerprint density at radius 2 is 2.10 bits per heavy atom. The van der Waals surface area contributed by atoms with E-state index in [1.165, 1.54) is 7.11 Å². The van der Waals surface area contributed by atoms with Crippen molar-refractivity contribution in [1.82, 2.24) is 0 Å². The third-order valence-corrected chi connectivity index (χ3v) is 4.39. The van der Waals surface area contributed by atoms with Crippen LogP contribution < -0.4 is 0 Å². The molecule has 104 valence electrons. The molecule has 1 aromatic rings. The molecule has 1 heterocycles. The second kappa shape index (κ2) is 6.76. The summed E-state index contributed by atoms with van der Waals surface area (Å²) in [6, 6.07) is 6.85. The summed E-state index contributed by atoms with van der Waals surface area (Å²) < 4.78 is 5.42. The summed E-state index contributed by atoms with van der Waals surface area (Å²) in [7, 11) is 1.34. The van der Waals surface area contributed by atoms with Crippen LogP contribution in [0.4, 0.5) is 0 Å². The number of hydrogen-bond acceptors (Lipinski definition) is 6. The van der Waals surface area contributed by atoms with E-state index in [2.05, 4.69) is 9.73 Å². The van der Waals surface area contributed by atoms with Crippen LogP contribution in [0.15, 0.2) is 35.0 Å². The lowest BCUT2D eigenvalue weighted by Gasteiger charge is -1.99. The number of hydrogen-bond donors (Lipinski definition) is 0. The number of nitrogens with zero attached hydrogens (tertiary/aromatic N) is 1. The van der Waals surface area contributed by atoms with Crippen LogP contribution in [-0.2, 0) is 9.53 Å². The predicted octanol–water partition coefficient (Wildman–Crippen LogP) is 3.20. The van der Waals surface area contributed by atoms with E-state index < -0.39 is 0 Å². The fraction of sp³-hybridized carbons (Fsp3) is 0.214. The molecular formula is C14H13NO3S2. The molecule has 0 amide bonds. The third kappa shape index (κ3) is 3.52. The van der Waals surface area contributed by atoms with Gasteiger partial charge in [-0.1, -0.05) is 30.8 Å². The fourth-order valence-electron chi connectivity index (χ4n) is 1.57. The summed E-state index contributed by atoms with van der Waals surface area (Å²) in [5, 5.41) is -0.0435. The Labute approximate surface area is 125 Å². The van der Waals surface area contributed by atoms with Crippen molar-refractivity contribution in [2.45, 2.75) is 6.92 Å². The van der Waals surface area contributed by atoms with E-state index in [1.807, 2.05) is 6.92 Å². The van der Waals surface area contributed by atoms with Gasteiger partial charge in [0.2, 0.25) is 5.12 Å². The molecule has 0 radical (unpaired) electrons. The first-order valence-electron chi connectivity index (χ1n) is 5.97. The lowest BCUT2D eigenvalue weighted by Crippen LogP contribution is -2.00. The minimum atomic E-state index is -0.378. The Balaban J connectivity index is 2.18. The number of aliphatic imine (C=N–C) groups is 1. The number of rotatable bonds is 3. The van der Waals surface area contributed by atoms with Crippen LogP contribution >= 0.6 is 23.5 Å². The second-order valence-electron chi connectivity index (χ2n) is 3.84. The SMILES string of the molecule is CCSC1=NC(=Cc2ccc(C(=O)OC)cc2)C(=O)S1.